The molecule has 0 aliphatic heterocycles. The van der Waals surface area contributed by atoms with Crippen LogP contribution in [-0.4, -0.2) is 16.2 Å². The third-order valence-corrected chi connectivity index (χ3v) is 0. The van der Waals surface area contributed by atoms with Gasteiger partial charge in [0.15, 0.2) is 0 Å². The molecule has 0 aromatic rings. The molecule has 4 heavy (non-hydrogen) atoms. The van der Waals surface area contributed by atoms with Gasteiger partial charge in [0.25, 0.3) is 0 Å². The van der Waals surface area contributed by atoms with Crippen molar-refractivity contribution in [3.05, 3.63) is 0 Å². The zero-order valence-corrected chi connectivity index (χ0v) is 5.09. The fraction of sp³-hybridized carbons (Fsp3) is 0. The van der Waals surface area contributed by atoms with Crippen molar-refractivity contribution in [2.45, 2.75) is 0 Å². The Kier molecular flexibility index (Phi) is 113. The van der Waals surface area contributed by atoms with Crippen molar-refractivity contribution < 1.29 is 41.2 Å². The molecular weight excluding hydrogens is 105 g/mol. The molecule has 4 heteroatoms. The Labute approximate surface area is 57.3 Å². The van der Waals surface area contributed by atoms with Gasteiger partial charge in [0.05, 0.1) is 0 Å². The van der Waals surface area contributed by atoms with Gasteiger partial charge in [-0.05, 0) is 0 Å². The maximum atomic E-state index is 8.28. The summed E-state index contributed by atoms with van der Waals surface area (Å²) in [7, 11) is 0. The van der Waals surface area contributed by atoms with Crippen molar-refractivity contribution in [2.24, 2.45) is 0 Å². The average Bonchev–Trinajstić information content (AvgIpc) is 1.00. The van der Waals surface area contributed by atoms with Gasteiger partial charge in [0.1, 0.15) is 0 Å². The van der Waals surface area contributed by atoms with Crippen molar-refractivity contribution in [1.29, 1.82) is 0 Å². The summed E-state index contributed by atoms with van der Waals surface area (Å²) < 4.78 is 8.28. The zero-order chi connectivity index (χ0) is 2.00. The summed E-state index contributed by atoms with van der Waals surface area (Å²) in [6.07, 6.45) is 0. The van der Waals surface area contributed by atoms with Gasteiger partial charge in [-0.15, -0.1) is 0 Å². The van der Waals surface area contributed by atoms with Gasteiger partial charge < -0.3 is 1.43 Å². The predicted octanol–water partition coefficient (Wildman–Crippen LogP) is -3.65. The quantitative estimate of drug-likeness (QED) is 0.291. The van der Waals surface area contributed by atoms with Crippen molar-refractivity contribution in [1.82, 2.24) is 0 Å². The molecule has 0 amide bonds. The van der Waals surface area contributed by atoms with Gasteiger partial charge in [0, 0.05) is 17.1 Å². The van der Waals surface area contributed by atoms with Crippen molar-refractivity contribution in [3.63, 3.8) is 0 Å². The van der Waals surface area contributed by atoms with Crippen LogP contribution in [0, 0.1) is 0 Å². The summed E-state index contributed by atoms with van der Waals surface area (Å²) in [5.41, 5.74) is 0. The molecule has 1 nitrogen and oxygen atoms in total. The number of hydrogen-bond donors (Lipinski definition) is 0. The van der Waals surface area contributed by atoms with E-state index in [1.54, 1.807) is 0 Å². The van der Waals surface area contributed by atoms with Crippen LogP contribution in [0.2, 0.25) is 0 Å². The summed E-state index contributed by atoms with van der Waals surface area (Å²) in [5.74, 6) is 0. The van der Waals surface area contributed by atoms with Gasteiger partial charge in [-0.3, -0.25) is 0 Å². The Bertz CT molecular complexity index is 11.6. The molecule has 0 aliphatic rings. The second-order valence-corrected chi connectivity index (χ2v) is 0. The Morgan fingerprint density at radius 2 is 1.50 bits per heavy atom. The topological polar surface area (TPSA) is 17.1 Å². The molecule has 0 saturated carbocycles. The summed E-state index contributed by atoms with van der Waals surface area (Å²) in [5, 5.41) is 0. The van der Waals surface area contributed by atoms with Crippen molar-refractivity contribution in [3.8, 4) is 0 Å². The monoisotopic (exact) mass is 107 g/mol. The molecule has 0 N–H and O–H groups in total. The van der Waals surface area contributed by atoms with E-state index in [1.165, 1.54) is 0 Å². The molecule has 0 rings (SSSR count). The molecule has 0 atom stereocenters. The van der Waals surface area contributed by atoms with Gasteiger partial charge in [-0.25, -0.2) is 0 Å². The molecule has 19 valence electrons. The molecule has 0 heterocycles. The normalized spacial score (nSPS) is 0.750. The van der Waals surface area contributed by atoms with Crippen LogP contribution in [0.5, 0.6) is 0 Å². The van der Waals surface area contributed by atoms with Crippen LogP contribution in [-0.2, 0) is 20.9 Å². The maximum absolute atomic E-state index is 8.28. The first-order valence-electron chi connectivity index (χ1n) is 0.289. The van der Waals surface area contributed by atoms with Crippen LogP contribution in [0.1, 0.15) is 1.43 Å². The first-order valence-corrected chi connectivity index (χ1v) is 0.866. The van der Waals surface area contributed by atoms with Crippen LogP contribution in [0.15, 0.2) is 0 Å². The zero-order valence-electron chi connectivity index (χ0n) is 3.49. The average molecular weight is 107 g/mol. The van der Waals surface area contributed by atoms with E-state index in [0.717, 1.165) is 0 Å². The van der Waals surface area contributed by atoms with Gasteiger partial charge in [0.2, 0.25) is 0 Å². The Balaban J connectivity index is -0.00000000167. The van der Waals surface area contributed by atoms with Gasteiger partial charge >= 0.3 is 38.9 Å². The molecule has 0 bridgehead atoms. The van der Waals surface area contributed by atoms with E-state index >= 15 is 0 Å². The van der Waals surface area contributed by atoms with Crippen LogP contribution < -0.4 is 18.9 Å². The molecule has 1 radical (unpaired) electrons. The third kappa shape index (κ3) is 9.85. The second kappa shape index (κ2) is 25.2. The van der Waals surface area contributed by atoms with Gasteiger partial charge in [-0.2, -0.15) is 0 Å². The molecular formula is H2AlLiMnO. The molecule has 0 aromatic carbocycles. The molecule has 0 aliphatic carbocycles. The van der Waals surface area contributed by atoms with E-state index in [1.807, 2.05) is 0 Å². The van der Waals surface area contributed by atoms with Crippen molar-refractivity contribution >= 4 is 16.2 Å². The van der Waals surface area contributed by atoms with Gasteiger partial charge in [-0.1, -0.05) is 0 Å². The van der Waals surface area contributed by atoms with E-state index in [4.69, 9.17) is 3.80 Å². The Morgan fingerprint density at radius 3 is 1.50 bits per heavy atom. The van der Waals surface area contributed by atoms with Crippen LogP contribution in [0.25, 0.3) is 0 Å². The first-order chi connectivity index (χ1) is 1.00. The fourth-order valence-electron chi connectivity index (χ4n) is 0. The summed E-state index contributed by atoms with van der Waals surface area (Å²) in [6.45, 7) is 0. The minimum absolute atomic E-state index is 0. The van der Waals surface area contributed by atoms with Crippen molar-refractivity contribution in [2.75, 3.05) is 0 Å². The molecule has 0 fully saturated rings. The first kappa shape index (κ1) is 18.0. The van der Waals surface area contributed by atoms with E-state index in [9.17, 15) is 0 Å². The Hall–Kier alpha value is 1.45. The Morgan fingerprint density at radius 1 is 1.50 bits per heavy atom. The van der Waals surface area contributed by atoms with E-state index in [-0.39, 0.29) is 37.4 Å². The van der Waals surface area contributed by atoms with Crippen LogP contribution in [0.3, 0.4) is 0 Å². The number of hydrogen-bond acceptors (Lipinski definition) is 1. The summed E-state index contributed by atoms with van der Waals surface area (Å²) >= 11 is 0.611. The number of rotatable bonds is 0. The standard InChI is InChI=1S/Al.Li.Mn.O.2H/q;+1;;;;-1. The predicted molar refractivity (Wildman–Crippen MR) is 8.95 cm³/mol. The van der Waals surface area contributed by atoms with Crippen LogP contribution in [0.4, 0.5) is 0 Å². The molecule has 0 unspecified atom stereocenters. The van der Waals surface area contributed by atoms with Crippen LogP contribution >= 0.6 is 0 Å². The second-order valence-electron chi connectivity index (χ2n) is 0. The minimum atomic E-state index is 0. The molecule has 0 aromatic heterocycles. The SMILES string of the molecule is [H-].[Li+].[Mn].[O]=[AlH]. The molecule has 0 spiro atoms. The summed E-state index contributed by atoms with van der Waals surface area (Å²) in [4.78, 5) is 0. The van der Waals surface area contributed by atoms with E-state index < -0.39 is 0 Å². The third-order valence-electron chi connectivity index (χ3n) is 0. The summed E-state index contributed by atoms with van der Waals surface area (Å²) in [6, 6.07) is 0. The van der Waals surface area contributed by atoms with E-state index in [0.29, 0.717) is 16.2 Å². The van der Waals surface area contributed by atoms with E-state index in [2.05, 4.69) is 0 Å². The molecule has 0 saturated heterocycles. The fourth-order valence-corrected chi connectivity index (χ4v) is 0.